The molecule has 126 valence electrons. The van der Waals surface area contributed by atoms with Gasteiger partial charge in [-0.1, -0.05) is 30.3 Å². The fraction of sp³-hybridized carbons (Fsp3) is 0.529. The Labute approximate surface area is 135 Å². The average molecular weight is 321 g/mol. The van der Waals surface area contributed by atoms with Gasteiger partial charge >= 0.3 is 5.97 Å². The third-order valence-electron chi connectivity index (χ3n) is 3.86. The molecule has 0 bridgehead atoms. The van der Waals surface area contributed by atoms with Crippen molar-refractivity contribution in [1.82, 2.24) is 5.32 Å². The Bertz CT molecular complexity index is 499. The first-order valence-corrected chi connectivity index (χ1v) is 7.88. The van der Waals surface area contributed by atoms with Gasteiger partial charge in [0.05, 0.1) is 13.2 Å². The summed E-state index contributed by atoms with van der Waals surface area (Å²) in [5, 5.41) is 11.8. The van der Waals surface area contributed by atoms with Crippen molar-refractivity contribution in [2.75, 3.05) is 26.4 Å². The molecule has 6 heteroatoms. The van der Waals surface area contributed by atoms with E-state index in [-0.39, 0.29) is 12.5 Å². The predicted molar refractivity (Wildman–Crippen MR) is 84.1 cm³/mol. The third kappa shape index (κ3) is 6.00. The average Bonchev–Trinajstić information content (AvgIpc) is 2.58. The van der Waals surface area contributed by atoms with E-state index >= 15 is 0 Å². The zero-order valence-electron chi connectivity index (χ0n) is 13.1. The quantitative estimate of drug-likeness (QED) is 0.704. The molecule has 2 N–H and O–H groups in total. The Morgan fingerprint density at radius 2 is 2.13 bits per heavy atom. The predicted octanol–water partition coefficient (Wildman–Crippen LogP) is 1.24. The number of nitrogens with one attached hydrogen (secondary N) is 1. The molecule has 2 unspecified atom stereocenters. The number of ether oxygens (including phenoxy) is 2. The number of hydrogen-bond acceptors (Lipinski definition) is 4. The first-order chi connectivity index (χ1) is 11.2. The van der Waals surface area contributed by atoms with E-state index in [1.165, 1.54) is 0 Å². The summed E-state index contributed by atoms with van der Waals surface area (Å²) in [5.74, 6) is -1.62. The van der Waals surface area contributed by atoms with Gasteiger partial charge in [0.2, 0.25) is 5.91 Å². The van der Waals surface area contributed by atoms with Crippen molar-refractivity contribution in [3.05, 3.63) is 35.9 Å². The normalized spacial score (nSPS) is 19.0. The molecule has 1 amide bonds. The molecule has 23 heavy (non-hydrogen) atoms. The Kier molecular flexibility index (Phi) is 7.03. The van der Waals surface area contributed by atoms with Crippen molar-refractivity contribution in [1.29, 1.82) is 0 Å². The molecule has 1 fully saturated rings. The highest BCUT2D eigenvalue weighted by Crippen LogP contribution is 2.17. The maximum atomic E-state index is 11.9. The van der Waals surface area contributed by atoms with Gasteiger partial charge in [-0.3, -0.25) is 4.79 Å². The molecule has 0 aliphatic carbocycles. The van der Waals surface area contributed by atoms with Crippen LogP contribution in [0.3, 0.4) is 0 Å². The molecule has 1 aromatic rings. The number of carbonyl (C=O) groups excluding carboxylic acids is 1. The van der Waals surface area contributed by atoms with Crippen LogP contribution in [0.25, 0.3) is 0 Å². The van der Waals surface area contributed by atoms with Crippen LogP contribution in [0, 0.1) is 5.92 Å². The Morgan fingerprint density at radius 1 is 1.35 bits per heavy atom. The minimum Gasteiger partial charge on any atom is -0.480 e. The van der Waals surface area contributed by atoms with E-state index in [0.717, 1.165) is 18.4 Å². The second-order valence-corrected chi connectivity index (χ2v) is 5.65. The van der Waals surface area contributed by atoms with E-state index < -0.39 is 17.9 Å². The number of hydrogen-bond donors (Lipinski definition) is 2. The van der Waals surface area contributed by atoms with Crippen molar-refractivity contribution in [2.24, 2.45) is 5.92 Å². The van der Waals surface area contributed by atoms with E-state index in [1.807, 2.05) is 30.3 Å². The van der Waals surface area contributed by atoms with E-state index in [1.54, 1.807) is 0 Å². The second kappa shape index (κ2) is 9.27. The topological polar surface area (TPSA) is 84.9 Å². The van der Waals surface area contributed by atoms with Gasteiger partial charge < -0.3 is 19.9 Å². The minimum absolute atomic E-state index is 0.135. The van der Waals surface area contributed by atoms with Gasteiger partial charge in [-0.05, 0) is 24.8 Å². The van der Waals surface area contributed by atoms with Crippen LogP contribution in [0.2, 0.25) is 0 Å². The third-order valence-corrected chi connectivity index (χ3v) is 3.86. The van der Waals surface area contributed by atoms with Gasteiger partial charge in [-0.2, -0.15) is 0 Å². The van der Waals surface area contributed by atoms with Gasteiger partial charge in [0.25, 0.3) is 0 Å². The molecule has 0 spiro atoms. The first-order valence-electron chi connectivity index (χ1n) is 7.88. The highest BCUT2D eigenvalue weighted by molar-refractivity contribution is 5.84. The molecule has 0 saturated carbocycles. The maximum Gasteiger partial charge on any atom is 0.326 e. The van der Waals surface area contributed by atoms with Crippen LogP contribution in [0.1, 0.15) is 18.4 Å². The fourth-order valence-electron chi connectivity index (χ4n) is 2.62. The first kappa shape index (κ1) is 17.4. The number of carboxylic acid groups (broad SMARTS) is 1. The molecule has 0 radical (unpaired) electrons. The highest BCUT2D eigenvalue weighted by Gasteiger charge is 2.31. The van der Waals surface area contributed by atoms with E-state index in [4.69, 9.17) is 9.47 Å². The number of carboxylic acids is 1. The summed E-state index contributed by atoms with van der Waals surface area (Å²) in [6.07, 6.45) is 2.27. The molecule has 1 heterocycles. The summed E-state index contributed by atoms with van der Waals surface area (Å²) in [4.78, 5) is 23.2. The van der Waals surface area contributed by atoms with Crippen LogP contribution in [0.4, 0.5) is 0 Å². The van der Waals surface area contributed by atoms with Crippen molar-refractivity contribution >= 4 is 11.9 Å². The molecule has 1 saturated heterocycles. The van der Waals surface area contributed by atoms with E-state index in [2.05, 4.69) is 5.32 Å². The SMILES string of the molecule is O=C(COCCc1ccccc1)NC(C(=O)O)C1CCCOC1. The van der Waals surface area contributed by atoms with Gasteiger partial charge in [0.1, 0.15) is 12.6 Å². The lowest BCUT2D eigenvalue weighted by Crippen LogP contribution is -2.49. The van der Waals surface area contributed by atoms with Crippen molar-refractivity contribution in [2.45, 2.75) is 25.3 Å². The molecule has 2 rings (SSSR count). The van der Waals surface area contributed by atoms with Gasteiger partial charge in [0.15, 0.2) is 0 Å². The summed E-state index contributed by atoms with van der Waals surface area (Å²) >= 11 is 0. The van der Waals surface area contributed by atoms with Gasteiger partial charge in [-0.25, -0.2) is 4.79 Å². The van der Waals surface area contributed by atoms with Crippen molar-refractivity contribution < 1.29 is 24.2 Å². The standard InChI is InChI=1S/C17H23NO5/c19-15(12-23-10-8-13-5-2-1-3-6-13)18-16(17(20)21)14-7-4-9-22-11-14/h1-3,5-6,14,16H,4,7-12H2,(H,18,19)(H,20,21). The van der Waals surface area contributed by atoms with Crippen LogP contribution < -0.4 is 5.32 Å². The molecule has 1 aromatic carbocycles. The number of amides is 1. The monoisotopic (exact) mass is 321 g/mol. The van der Waals surface area contributed by atoms with E-state index in [0.29, 0.717) is 26.2 Å². The molecule has 1 aliphatic heterocycles. The zero-order valence-corrected chi connectivity index (χ0v) is 13.1. The lowest BCUT2D eigenvalue weighted by atomic mass is 9.94. The number of benzene rings is 1. The molecule has 0 aromatic heterocycles. The van der Waals surface area contributed by atoms with E-state index in [9.17, 15) is 14.7 Å². The van der Waals surface area contributed by atoms with Gasteiger partial charge in [-0.15, -0.1) is 0 Å². The molecule has 1 aliphatic rings. The summed E-state index contributed by atoms with van der Waals surface area (Å²) in [6.45, 7) is 1.30. The molecule has 6 nitrogen and oxygen atoms in total. The summed E-state index contributed by atoms with van der Waals surface area (Å²) in [6, 6.07) is 8.91. The van der Waals surface area contributed by atoms with Crippen molar-refractivity contribution in [3.8, 4) is 0 Å². The number of rotatable bonds is 8. The fourth-order valence-corrected chi connectivity index (χ4v) is 2.62. The lowest BCUT2D eigenvalue weighted by Gasteiger charge is -2.28. The Balaban J connectivity index is 1.70. The Hall–Kier alpha value is -1.92. The summed E-state index contributed by atoms with van der Waals surface area (Å²) < 4.78 is 10.6. The number of carbonyl (C=O) groups is 2. The Morgan fingerprint density at radius 3 is 2.78 bits per heavy atom. The largest absolute Gasteiger partial charge is 0.480 e. The van der Waals surface area contributed by atoms with Gasteiger partial charge in [0, 0.05) is 12.5 Å². The van der Waals surface area contributed by atoms with Crippen LogP contribution in [-0.4, -0.2) is 49.5 Å². The van der Waals surface area contributed by atoms with Crippen molar-refractivity contribution in [3.63, 3.8) is 0 Å². The molecular weight excluding hydrogens is 298 g/mol. The zero-order chi connectivity index (χ0) is 16.5. The molecular formula is C17H23NO5. The molecule has 2 atom stereocenters. The number of aliphatic carboxylic acids is 1. The van der Waals surface area contributed by atoms with Crippen LogP contribution >= 0.6 is 0 Å². The van der Waals surface area contributed by atoms with Crippen LogP contribution in [0.15, 0.2) is 30.3 Å². The van der Waals surface area contributed by atoms with Crippen LogP contribution in [0.5, 0.6) is 0 Å². The second-order valence-electron chi connectivity index (χ2n) is 5.65. The summed E-state index contributed by atoms with van der Waals surface area (Å²) in [7, 11) is 0. The lowest BCUT2D eigenvalue weighted by molar-refractivity contribution is -0.145. The maximum absolute atomic E-state index is 11.9. The smallest absolute Gasteiger partial charge is 0.326 e. The highest BCUT2D eigenvalue weighted by atomic mass is 16.5. The minimum atomic E-state index is -1.03. The van der Waals surface area contributed by atoms with Crippen LogP contribution in [-0.2, 0) is 25.5 Å². The summed E-state index contributed by atoms with van der Waals surface area (Å²) in [5.41, 5.74) is 1.13.